The second kappa shape index (κ2) is 7.54. The molecule has 1 aromatic rings. The molecule has 1 fully saturated rings. The van der Waals surface area contributed by atoms with E-state index in [2.05, 4.69) is 26.1 Å². The van der Waals surface area contributed by atoms with E-state index in [-0.39, 0.29) is 6.10 Å². The topological polar surface area (TPSA) is 73.6 Å². The zero-order valence-corrected chi connectivity index (χ0v) is 16.3. The van der Waals surface area contributed by atoms with Crippen molar-refractivity contribution in [2.75, 3.05) is 18.2 Å². The third kappa shape index (κ3) is 5.03. The highest BCUT2D eigenvalue weighted by Crippen LogP contribution is 2.40. The minimum Gasteiger partial charge on any atom is -0.490 e. The van der Waals surface area contributed by atoms with Gasteiger partial charge in [-0.05, 0) is 50.5 Å². The van der Waals surface area contributed by atoms with Gasteiger partial charge in [0.2, 0.25) is 0 Å². The van der Waals surface area contributed by atoms with Gasteiger partial charge in [-0.3, -0.25) is 0 Å². The first-order valence-electron chi connectivity index (χ1n) is 9.06. The summed E-state index contributed by atoms with van der Waals surface area (Å²) in [5.74, 6) is 0.728. The van der Waals surface area contributed by atoms with Crippen molar-refractivity contribution in [3.63, 3.8) is 0 Å². The molecule has 0 bridgehead atoms. The Hall–Kier alpha value is -1.91. The minimum absolute atomic E-state index is 0.0477. The molecule has 0 amide bonds. The average molecular weight is 348 g/mol. The number of hydrogen-bond donors (Lipinski definition) is 2. The van der Waals surface area contributed by atoms with Crippen LogP contribution in [-0.2, 0) is 4.74 Å². The third-order valence-electron chi connectivity index (χ3n) is 4.67. The van der Waals surface area contributed by atoms with Crippen LogP contribution in [0, 0.1) is 11.3 Å². The highest BCUT2D eigenvalue weighted by atomic mass is 16.5. The van der Waals surface area contributed by atoms with Crippen molar-refractivity contribution in [1.82, 2.24) is 0 Å². The van der Waals surface area contributed by atoms with E-state index in [0.717, 1.165) is 18.5 Å². The SMILES string of the molecule is COC(=O)c1cc(N)c(N[C@@H]2C[C@@H](C)CC(C)(C)C2)cc1OC(C)C. The quantitative estimate of drug-likeness (QED) is 0.607. The molecule has 25 heavy (non-hydrogen) atoms. The molecule has 1 saturated carbocycles. The van der Waals surface area contributed by atoms with Crippen LogP contribution in [0.4, 0.5) is 11.4 Å². The van der Waals surface area contributed by atoms with Gasteiger partial charge in [-0.1, -0.05) is 20.8 Å². The zero-order chi connectivity index (χ0) is 18.8. The number of benzene rings is 1. The first-order valence-corrected chi connectivity index (χ1v) is 9.06. The maximum absolute atomic E-state index is 12.0. The molecule has 0 aromatic heterocycles. The summed E-state index contributed by atoms with van der Waals surface area (Å²) in [7, 11) is 1.36. The number of carbonyl (C=O) groups is 1. The molecule has 0 unspecified atom stereocenters. The van der Waals surface area contributed by atoms with Gasteiger partial charge in [0.1, 0.15) is 11.3 Å². The van der Waals surface area contributed by atoms with Gasteiger partial charge in [-0.15, -0.1) is 0 Å². The number of nitrogen functional groups attached to an aromatic ring is 1. The number of nitrogens with two attached hydrogens (primary N) is 1. The minimum atomic E-state index is -0.443. The summed E-state index contributed by atoms with van der Waals surface area (Å²) in [5, 5.41) is 3.58. The predicted octanol–water partition coefficient (Wildman–Crippen LogP) is 4.47. The number of methoxy groups -OCH3 is 1. The molecule has 5 heteroatoms. The highest BCUT2D eigenvalue weighted by Gasteiger charge is 2.32. The van der Waals surface area contributed by atoms with Crippen molar-refractivity contribution in [2.45, 2.75) is 66.0 Å². The molecule has 0 aliphatic heterocycles. The van der Waals surface area contributed by atoms with E-state index in [1.165, 1.54) is 13.5 Å². The smallest absolute Gasteiger partial charge is 0.341 e. The van der Waals surface area contributed by atoms with E-state index in [9.17, 15) is 4.79 Å². The van der Waals surface area contributed by atoms with Gasteiger partial charge in [0, 0.05) is 12.1 Å². The van der Waals surface area contributed by atoms with Crippen molar-refractivity contribution in [3.05, 3.63) is 17.7 Å². The molecule has 0 heterocycles. The zero-order valence-electron chi connectivity index (χ0n) is 16.3. The fraction of sp³-hybridized carbons (Fsp3) is 0.650. The number of ether oxygens (including phenoxy) is 2. The molecule has 5 nitrogen and oxygen atoms in total. The molecule has 1 aliphatic rings. The van der Waals surface area contributed by atoms with E-state index in [1.54, 1.807) is 6.07 Å². The van der Waals surface area contributed by atoms with Crippen LogP contribution >= 0.6 is 0 Å². The first kappa shape index (κ1) is 19.4. The van der Waals surface area contributed by atoms with Gasteiger partial charge in [-0.2, -0.15) is 0 Å². The Labute approximate surface area is 151 Å². The average Bonchev–Trinajstić information content (AvgIpc) is 2.46. The molecule has 1 aliphatic carbocycles. The maximum Gasteiger partial charge on any atom is 0.341 e. The molecular weight excluding hydrogens is 316 g/mol. The van der Waals surface area contributed by atoms with Crippen molar-refractivity contribution in [2.24, 2.45) is 11.3 Å². The van der Waals surface area contributed by atoms with Gasteiger partial charge in [0.25, 0.3) is 0 Å². The summed E-state index contributed by atoms with van der Waals surface area (Å²) < 4.78 is 10.7. The Morgan fingerprint density at radius 2 is 2.00 bits per heavy atom. The fourth-order valence-corrected chi connectivity index (χ4v) is 4.02. The summed E-state index contributed by atoms with van der Waals surface area (Å²) in [6.45, 7) is 10.8. The number of anilines is 2. The van der Waals surface area contributed by atoms with Crippen LogP contribution in [0.2, 0.25) is 0 Å². The van der Waals surface area contributed by atoms with Crippen LogP contribution in [0.1, 0.15) is 64.2 Å². The summed E-state index contributed by atoms with van der Waals surface area (Å²) in [6.07, 6.45) is 3.40. The predicted molar refractivity (Wildman–Crippen MR) is 102 cm³/mol. The van der Waals surface area contributed by atoms with Crippen LogP contribution < -0.4 is 15.8 Å². The number of carbonyl (C=O) groups excluding carboxylic acids is 1. The Morgan fingerprint density at radius 1 is 1.32 bits per heavy atom. The molecule has 2 atom stereocenters. The molecule has 0 saturated heterocycles. The Morgan fingerprint density at radius 3 is 2.56 bits per heavy atom. The van der Waals surface area contributed by atoms with Crippen molar-refractivity contribution < 1.29 is 14.3 Å². The largest absolute Gasteiger partial charge is 0.490 e. The van der Waals surface area contributed by atoms with Gasteiger partial charge >= 0.3 is 5.97 Å². The lowest BCUT2D eigenvalue weighted by atomic mass is 9.70. The van der Waals surface area contributed by atoms with E-state index < -0.39 is 5.97 Å². The molecule has 0 spiro atoms. The lowest BCUT2D eigenvalue weighted by Crippen LogP contribution is -2.35. The van der Waals surface area contributed by atoms with Gasteiger partial charge in [-0.25, -0.2) is 4.79 Å². The second-order valence-electron chi connectivity index (χ2n) is 8.35. The molecule has 1 aromatic carbocycles. The van der Waals surface area contributed by atoms with Crippen LogP contribution in [0.15, 0.2) is 12.1 Å². The van der Waals surface area contributed by atoms with Crippen LogP contribution in [0.3, 0.4) is 0 Å². The number of hydrogen-bond acceptors (Lipinski definition) is 5. The standard InChI is InChI=1S/C20H32N2O3/c1-12(2)25-18-9-17(16(21)8-15(18)19(23)24-6)22-14-7-13(3)10-20(4,5)11-14/h8-9,12-14,22H,7,10-11,21H2,1-6H3/t13-,14-/m1/s1. The van der Waals surface area contributed by atoms with Crippen LogP contribution in [0.25, 0.3) is 0 Å². The lowest BCUT2D eigenvalue weighted by Gasteiger charge is -2.39. The number of rotatable bonds is 5. The van der Waals surface area contributed by atoms with Gasteiger partial charge in [0.05, 0.1) is 24.6 Å². The first-order chi connectivity index (χ1) is 11.6. The Bertz CT molecular complexity index is 626. The summed E-state index contributed by atoms with van der Waals surface area (Å²) in [6, 6.07) is 3.83. The Kier molecular flexibility index (Phi) is 5.86. The summed E-state index contributed by atoms with van der Waals surface area (Å²) in [5.41, 5.74) is 8.23. The summed E-state index contributed by atoms with van der Waals surface area (Å²) >= 11 is 0. The van der Waals surface area contributed by atoms with E-state index in [1.807, 2.05) is 19.9 Å². The molecular formula is C20H32N2O3. The molecule has 0 radical (unpaired) electrons. The van der Waals surface area contributed by atoms with Crippen LogP contribution in [-0.4, -0.2) is 25.2 Å². The Balaban J connectivity index is 2.30. The van der Waals surface area contributed by atoms with E-state index in [4.69, 9.17) is 15.2 Å². The van der Waals surface area contributed by atoms with Gasteiger partial charge in [0.15, 0.2) is 0 Å². The third-order valence-corrected chi connectivity index (χ3v) is 4.67. The van der Waals surface area contributed by atoms with Gasteiger partial charge < -0.3 is 20.5 Å². The number of nitrogens with one attached hydrogen (secondary N) is 1. The normalized spacial score (nSPS) is 22.5. The lowest BCUT2D eigenvalue weighted by molar-refractivity contribution is 0.0594. The van der Waals surface area contributed by atoms with E-state index >= 15 is 0 Å². The van der Waals surface area contributed by atoms with E-state index in [0.29, 0.717) is 34.4 Å². The van der Waals surface area contributed by atoms with Crippen molar-refractivity contribution >= 4 is 17.3 Å². The monoisotopic (exact) mass is 348 g/mol. The molecule has 3 N–H and O–H groups in total. The highest BCUT2D eigenvalue weighted by molar-refractivity contribution is 5.95. The van der Waals surface area contributed by atoms with Crippen molar-refractivity contribution in [1.29, 1.82) is 0 Å². The molecule has 140 valence electrons. The van der Waals surface area contributed by atoms with Crippen LogP contribution in [0.5, 0.6) is 5.75 Å². The fourth-order valence-electron chi connectivity index (χ4n) is 4.02. The summed E-state index contributed by atoms with van der Waals surface area (Å²) in [4.78, 5) is 12.0. The second-order valence-corrected chi connectivity index (χ2v) is 8.35. The maximum atomic E-state index is 12.0. The van der Waals surface area contributed by atoms with Crippen molar-refractivity contribution in [3.8, 4) is 5.75 Å². The number of esters is 1. The molecule has 2 rings (SSSR count).